The molecule has 1 amide bonds. The Hall–Kier alpha value is -3.12. The van der Waals surface area contributed by atoms with Gasteiger partial charge in [0.05, 0.1) is 12.2 Å². The van der Waals surface area contributed by atoms with E-state index in [4.69, 9.17) is 15.2 Å². The van der Waals surface area contributed by atoms with E-state index in [2.05, 4.69) is 15.9 Å². The molecule has 0 fully saturated rings. The lowest BCUT2D eigenvalue weighted by Crippen LogP contribution is -2.17. The molecule has 1 heterocycles. The van der Waals surface area contributed by atoms with Gasteiger partial charge in [0.15, 0.2) is 5.78 Å². The second-order valence-electron chi connectivity index (χ2n) is 7.12. The maximum absolute atomic E-state index is 12.2. The van der Waals surface area contributed by atoms with Gasteiger partial charge < -0.3 is 15.2 Å². The van der Waals surface area contributed by atoms with Gasteiger partial charge in [-0.2, -0.15) is 0 Å². The Morgan fingerprint density at radius 1 is 1.03 bits per heavy atom. The molecule has 0 saturated carbocycles. The SMILES string of the molecule is Cc1c(O[C@@H](c2ccc(Br)cc2)c2ccc(C(N)=O)cc2)ccc2c1OCCC2=O. The van der Waals surface area contributed by atoms with Gasteiger partial charge in [-0.1, -0.05) is 40.2 Å². The minimum atomic E-state index is -0.477. The highest BCUT2D eigenvalue weighted by Crippen LogP contribution is 2.38. The molecular formula is C24H20BrNO4. The van der Waals surface area contributed by atoms with Gasteiger partial charge in [0.25, 0.3) is 0 Å². The van der Waals surface area contributed by atoms with Crippen LogP contribution < -0.4 is 15.2 Å². The van der Waals surface area contributed by atoms with E-state index >= 15 is 0 Å². The van der Waals surface area contributed by atoms with E-state index in [9.17, 15) is 9.59 Å². The minimum Gasteiger partial charge on any atom is -0.492 e. The highest BCUT2D eigenvalue weighted by molar-refractivity contribution is 9.10. The number of ether oxygens (including phenoxy) is 2. The van der Waals surface area contributed by atoms with Crippen LogP contribution in [0, 0.1) is 6.92 Å². The summed E-state index contributed by atoms with van der Waals surface area (Å²) in [4.78, 5) is 23.6. The Morgan fingerprint density at radius 2 is 1.67 bits per heavy atom. The number of carbonyl (C=O) groups is 2. The van der Waals surface area contributed by atoms with Crippen molar-refractivity contribution < 1.29 is 19.1 Å². The molecule has 0 aromatic heterocycles. The smallest absolute Gasteiger partial charge is 0.248 e. The van der Waals surface area contributed by atoms with Crippen LogP contribution in [0.2, 0.25) is 0 Å². The van der Waals surface area contributed by atoms with Crippen LogP contribution in [0.15, 0.2) is 65.1 Å². The van der Waals surface area contributed by atoms with Gasteiger partial charge in [0, 0.05) is 22.0 Å². The van der Waals surface area contributed by atoms with Gasteiger partial charge in [0.2, 0.25) is 5.91 Å². The van der Waals surface area contributed by atoms with Crippen LogP contribution in [0.3, 0.4) is 0 Å². The van der Waals surface area contributed by atoms with Crippen molar-refractivity contribution in [3.05, 3.63) is 93.0 Å². The Bertz CT molecular complexity index is 1110. The van der Waals surface area contributed by atoms with Crippen LogP contribution in [0.1, 0.15) is 49.9 Å². The van der Waals surface area contributed by atoms with E-state index in [1.54, 1.807) is 18.2 Å². The fourth-order valence-electron chi connectivity index (χ4n) is 3.50. The number of Topliss-reactive ketones (excluding diaryl/α,β-unsaturated/α-hetero) is 1. The largest absolute Gasteiger partial charge is 0.492 e. The summed E-state index contributed by atoms with van der Waals surface area (Å²) >= 11 is 3.46. The van der Waals surface area contributed by atoms with Gasteiger partial charge in [-0.25, -0.2) is 0 Å². The van der Waals surface area contributed by atoms with Crippen molar-refractivity contribution in [1.29, 1.82) is 0 Å². The number of hydrogen-bond acceptors (Lipinski definition) is 4. The van der Waals surface area contributed by atoms with Gasteiger partial charge in [-0.3, -0.25) is 9.59 Å². The molecule has 0 unspecified atom stereocenters. The Balaban J connectivity index is 1.74. The summed E-state index contributed by atoms with van der Waals surface area (Å²) in [5.41, 5.74) is 9.00. The summed E-state index contributed by atoms with van der Waals surface area (Å²) in [5, 5.41) is 0. The van der Waals surface area contributed by atoms with Crippen molar-refractivity contribution in [1.82, 2.24) is 0 Å². The molecule has 5 nitrogen and oxygen atoms in total. The fourth-order valence-corrected chi connectivity index (χ4v) is 3.77. The highest BCUT2D eigenvalue weighted by Gasteiger charge is 2.24. The second kappa shape index (κ2) is 8.32. The van der Waals surface area contributed by atoms with Crippen molar-refractivity contribution in [3.63, 3.8) is 0 Å². The Kier molecular flexibility index (Phi) is 5.59. The monoisotopic (exact) mass is 465 g/mol. The normalized spacial score (nSPS) is 13.9. The van der Waals surface area contributed by atoms with Gasteiger partial charge in [-0.05, 0) is 54.4 Å². The topological polar surface area (TPSA) is 78.6 Å². The maximum atomic E-state index is 12.2. The average molecular weight is 466 g/mol. The third kappa shape index (κ3) is 3.96. The predicted octanol–water partition coefficient (Wildman–Crippen LogP) is 4.99. The van der Waals surface area contributed by atoms with Crippen LogP contribution in [0.4, 0.5) is 0 Å². The van der Waals surface area contributed by atoms with Crippen molar-refractivity contribution in [2.45, 2.75) is 19.4 Å². The molecule has 0 spiro atoms. The van der Waals surface area contributed by atoms with Crippen LogP contribution in [0.25, 0.3) is 0 Å². The predicted molar refractivity (Wildman–Crippen MR) is 117 cm³/mol. The van der Waals surface area contributed by atoms with Crippen molar-refractivity contribution in [2.24, 2.45) is 5.73 Å². The van der Waals surface area contributed by atoms with Gasteiger partial charge >= 0.3 is 0 Å². The van der Waals surface area contributed by atoms with Crippen molar-refractivity contribution in [3.8, 4) is 11.5 Å². The van der Waals surface area contributed by atoms with Crippen LogP contribution in [-0.2, 0) is 0 Å². The van der Waals surface area contributed by atoms with Crippen LogP contribution in [-0.4, -0.2) is 18.3 Å². The maximum Gasteiger partial charge on any atom is 0.248 e. The molecule has 1 atom stereocenters. The lowest BCUT2D eigenvalue weighted by molar-refractivity contribution is 0.0931. The van der Waals surface area contributed by atoms with Crippen LogP contribution in [0.5, 0.6) is 11.5 Å². The Labute approximate surface area is 182 Å². The summed E-state index contributed by atoms with van der Waals surface area (Å²) in [6.07, 6.45) is -0.0310. The first-order valence-electron chi connectivity index (χ1n) is 9.55. The number of hydrogen-bond donors (Lipinski definition) is 1. The van der Waals surface area contributed by atoms with E-state index in [1.807, 2.05) is 49.4 Å². The quantitative estimate of drug-likeness (QED) is 0.575. The molecule has 3 aromatic rings. The molecular weight excluding hydrogens is 446 g/mol. The molecule has 30 heavy (non-hydrogen) atoms. The third-order valence-electron chi connectivity index (χ3n) is 5.15. The molecule has 0 saturated heterocycles. The molecule has 0 bridgehead atoms. The zero-order valence-corrected chi connectivity index (χ0v) is 17.9. The lowest BCUT2D eigenvalue weighted by Gasteiger charge is -2.24. The summed E-state index contributed by atoms with van der Waals surface area (Å²) in [7, 11) is 0. The van der Waals surface area contributed by atoms with Crippen LogP contribution >= 0.6 is 15.9 Å². The van der Waals surface area contributed by atoms with Gasteiger partial charge in [-0.15, -0.1) is 0 Å². The zero-order chi connectivity index (χ0) is 21.3. The first kappa shape index (κ1) is 20.2. The van der Waals surface area contributed by atoms with E-state index < -0.39 is 12.0 Å². The number of carbonyl (C=O) groups excluding carboxylic acids is 2. The van der Waals surface area contributed by atoms with E-state index in [-0.39, 0.29) is 5.78 Å². The third-order valence-corrected chi connectivity index (χ3v) is 5.68. The number of fused-ring (bicyclic) bond motifs is 1. The standard InChI is InChI=1S/C24H20BrNO4/c1-14-21(11-10-19-20(27)12-13-29-22(14)19)30-23(16-6-8-18(25)9-7-16)15-2-4-17(5-3-15)24(26)28/h2-11,23H,12-13H2,1H3,(H2,26,28)/t23-/m1/s1. The minimum absolute atomic E-state index is 0.0809. The summed E-state index contributed by atoms with van der Waals surface area (Å²) in [6.45, 7) is 2.27. The average Bonchev–Trinajstić information content (AvgIpc) is 2.75. The number of benzene rings is 3. The summed E-state index contributed by atoms with van der Waals surface area (Å²) < 4.78 is 13.2. The summed E-state index contributed by atoms with van der Waals surface area (Å²) in [6, 6.07) is 18.5. The van der Waals surface area contributed by atoms with E-state index in [0.717, 1.165) is 21.2 Å². The van der Waals surface area contributed by atoms with Crippen molar-refractivity contribution in [2.75, 3.05) is 6.61 Å². The first-order valence-corrected chi connectivity index (χ1v) is 10.3. The second-order valence-corrected chi connectivity index (χ2v) is 8.04. The number of nitrogens with two attached hydrogens (primary N) is 1. The Morgan fingerprint density at radius 3 is 2.30 bits per heavy atom. The van der Waals surface area contributed by atoms with Crippen molar-refractivity contribution >= 4 is 27.6 Å². The first-order chi connectivity index (χ1) is 14.4. The molecule has 6 heteroatoms. The lowest BCUT2D eigenvalue weighted by atomic mass is 9.98. The zero-order valence-electron chi connectivity index (χ0n) is 16.4. The molecule has 3 aromatic carbocycles. The number of ketones is 1. The number of rotatable bonds is 5. The van der Waals surface area contributed by atoms with E-state index in [1.165, 1.54) is 0 Å². The highest BCUT2D eigenvalue weighted by atomic mass is 79.9. The molecule has 0 radical (unpaired) electrons. The van der Waals surface area contributed by atoms with E-state index in [0.29, 0.717) is 35.7 Å². The molecule has 2 N–H and O–H groups in total. The molecule has 1 aliphatic heterocycles. The number of halogens is 1. The summed E-state index contributed by atoms with van der Waals surface area (Å²) in [5.74, 6) is 0.824. The molecule has 152 valence electrons. The fraction of sp³-hybridized carbons (Fsp3) is 0.167. The number of amides is 1. The number of primary amides is 1. The molecule has 4 rings (SSSR count). The molecule has 1 aliphatic rings. The van der Waals surface area contributed by atoms with Gasteiger partial charge in [0.1, 0.15) is 17.6 Å². The molecule has 0 aliphatic carbocycles.